The van der Waals surface area contributed by atoms with Gasteiger partial charge in [-0.3, -0.25) is 14.4 Å². The highest BCUT2D eigenvalue weighted by atomic mass is 19.1. The first kappa shape index (κ1) is 25.9. The maximum absolute atomic E-state index is 13.5. The van der Waals surface area contributed by atoms with Gasteiger partial charge in [-0.25, -0.2) is 9.37 Å². The number of aromatic nitrogens is 2. The van der Waals surface area contributed by atoms with Gasteiger partial charge in [-0.1, -0.05) is 11.6 Å². The van der Waals surface area contributed by atoms with E-state index in [9.17, 15) is 18.8 Å². The predicted octanol–water partition coefficient (Wildman–Crippen LogP) is 2.99. The van der Waals surface area contributed by atoms with Crippen molar-refractivity contribution in [1.82, 2.24) is 25.5 Å². The monoisotopic (exact) mass is 507 g/mol. The van der Waals surface area contributed by atoms with E-state index in [4.69, 9.17) is 4.74 Å². The van der Waals surface area contributed by atoms with Gasteiger partial charge in [-0.2, -0.15) is 0 Å². The van der Waals surface area contributed by atoms with Crippen molar-refractivity contribution in [3.8, 4) is 17.1 Å². The topological polar surface area (TPSA) is 116 Å². The molecule has 4 rings (SSSR count). The molecule has 0 atom stereocenters. The summed E-state index contributed by atoms with van der Waals surface area (Å²) in [5.41, 5.74) is 2.77. The molecule has 2 aromatic carbocycles. The Hall–Kier alpha value is -4.21. The van der Waals surface area contributed by atoms with E-state index in [0.29, 0.717) is 47.9 Å². The minimum absolute atomic E-state index is 0.140. The summed E-state index contributed by atoms with van der Waals surface area (Å²) in [5.74, 6) is -0.237. The summed E-state index contributed by atoms with van der Waals surface area (Å²) in [4.78, 5) is 47.8. The molecular formula is C27H30FN5O4. The molecule has 0 saturated heterocycles. The van der Waals surface area contributed by atoms with Crippen molar-refractivity contribution in [3.63, 3.8) is 0 Å². The van der Waals surface area contributed by atoms with Crippen molar-refractivity contribution in [2.75, 3.05) is 32.8 Å². The van der Waals surface area contributed by atoms with Crippen LogP contribution in [0.1, 0.15) is 44.9 Å². The zero-order chi connectivity index (χ0) is 26.4. The number of aryl methyl sites for hydroxylation is 2. The number of halogens is 1. The molecule has 0 fully saturated rings. The molecule has 0 aliphatic carbocycles. The number of nitrogens with zero attached hydrogens (tertiary/aromatic N) is 2. The number of imidazole rings is 1. The molecule has 194 valence electrons. The summed E-state index contributed by atoms with van der Waals surface area (Å²) in [6.07, 6.45) is 0.687. The zero-order valence-corrected chi connectivity index (χ0v) is 20.9. The molecule has 9 nitrogen and oxygen atoms in total. The van der Waals surface area contributed by atoms with E-state index < -0.39 is 0 Å². The normalized spacial score (nSPS) is 15.5. The smallest absolute Gasteiger partial charge is 0.274 e. The van der Waals surface area contributed by atoms with Crippen molar-refractivity contribution in [3.05, 3.63) is 70.8 Å². The molecule has 37 heavy (non-hydrogen) atoms. The SMILES string of the molecule is Cc1ccc2c(c1)C(=O)NCCN(C(=O)c1nc(-c3ccc(F)cc3)[nH]c1C)CCCC(=O)NCCO2. The summed E-state index contributed by atoms with van der Waals surface area (Å²) < 4.78 is 19.1. The maximum Gasteiger partial charge on any atom is 0.274 e. The number of aromatic amines is 1. The lowest BCUT2D eigenvalue weighted by atomic mass is 10.1. The van der Waals surface area contributed by atoms with Gasteiger partial charge in [0.15, 0.2) is 0 Å². The summed E-state index contributed by atoms with van der Waals surface area (Å²) in [5, 5.41) is 5.68. The number of rotatable bonds is 2. The Labute approximate surface area is 214 Å². The van der Waals surface area contributed by atoms with E-state index in [0.717, 1.165) is 5.56 Å². The van der Waals surface area contributed by atoms with Crippen molar-refractivity contribution in [1.29, 1.82) is 0 Å². The summed E-state index contributed by atoms with van der Waals surface area (Å²) in [7, 11) is 0. The van der Waals surface area contributed by atoms with Gasteiger partial charge in [0, 0.05) is 37.3 Å². The Morgan fingerprint density at radius 2 is 1.81 bits per heavy atom. The number of H-pyrrole nitrogens is 1. The summed E-state index contributed by atoms with van der Waals surface area (Å²) in [6, 6.07) is 11.2. The number of ether oxygens (including phenoxy) is 1. The molecule has 3 amide bonds. The summed E-state index contributed by atoms with van der Waals surface area (Å²) >= 11 is 0. The highest BCUT2D eigenvalue weighted by Gasteiger charge is 2.23. The lowest BCUT2D eigenvalue weighted by molar-refractivity contribution is -0.121. The molecule has 2 heterocycles. The van der Waals surface area contributed by atoms with Crippen LogP contribution >= 0.6 is 0 Å². The Kier molecular flexibility index (Phi) is 8.17. The van der Waals surface area contributed by atoms with E-state index >= 15 is 0 Å². The van der Waals surface area contributed by atoms with Crippen LogP contribution in [-0.2, 0) is 4.79 Å². The molecule has 1 aliphatic rings. The van der Waals surface area contributed by atoms with Crippen LogP contribution in [0, 0.1) is 19.7 Å². The Balaban J connectivity index is 1.53. The first-order valence-electron chi connectivity index (χ1n) is 12.2. The number of amides is 3. The van der Waals surface area contributed by atoms with Crippen LogP contribution in [0.15, 0.2) is 42.5 Å². The average molecular weight is 508 g/mol. The zero-order valence-electron chi connectivity index (χ0n) is 20.9. The van der Waals surface area contributed by atoms with Crippen molar-refractivity contribution in [2.45, 2.75) is 26.7 Å². The van der Waals surface area contributed by atoms with E-state index in [-0.39, 0.29) is 55.3 Å². The molecule has 0 saturated carbocycles. The number of nitrogens with one attached hydrogen (secondary N) is 3. The largest absolute Gasteiger partial charge is 0.491 e. The van der Waals surface area contributed by atoms with E-state index in [1.165, 1.54) is 12.1 Å². The standard InChI is InChI=1S/C27H30FN5O4/c1-17-5-10-22-21(16-17)26(35)30-11-14-33(13-3-4-23(34)29-12-15-37-22)27(36)24-18(2)31-25(32-24)19-6-8-20(28)9-7-19/h5-10,16H,3-4,11-15H2,1-2H3,(H,29,34)(H,30,35)(H,31,32). The van der Waals surface area contributed by atoms with Gasteiger partial charge in [-0.15, -0.1) is 0 Å². The highest BCUT2D eigenvalue weighted by molar-refractivity contribution is 5.97. The molecule has 3 N–H and O–H groups in total. The van der Waals surface area contributed by atoms with E-state index in [1.54, 1.807) is 36.1 Å². The second kappa shape index (κ2) is 11.7. The third-order valence-electron chi connectivity index (χ3n) is 6.05. The first-order chi connectivity index (χ1) is 17.8. The third kappa shape index (κ3) is 6.52. The number of fused-ring (bicyclic) bond motifs is 1. The van der Waals surface area contributed by atoms with Crippen molar-refractivity contribution < 1.29 is 23.5 Å². The number of carbonyl (C=O) groups is 3. The Morgan fingerprint density at radius 3 is 2.59 bits per heavy atom. The molecule has 0 bridgehead atoms. The fraction of sp³-hybridized carbons (Fsp3) is 0.333. The molecule has 10 heteroatoms. The van der Waals surface area contributed by atoms with Gasteiger partial charge in [0.25, 0.3) is 11.8 Å². The van der Waals surface area contributed by atoms with Gasteiger partial charge >= 0.3 is 0 Å². The van der Waals surface area contributed by atoms with Crippen LogP contribution in [-0.4, -0.2) is 65.4 Å². The Bertz CT molecular complexity index is 1290. The van der Waals surface area contributed by atoms with E-state index in [1.807, 2.05) is 13.0 Å². The number of benzene rings is 2. The molecular weight excluding hydrogens is 477 g/mol. The van der Waals surface area contributed by atoms with Crippen LogP contribution in [0.3, 0.4) is 0 Å². The number of hydrogen-bond donors (Lipinski definition) is 3. The minimum atomic E-state index is -0.361. The van der Waals surface area contributed by atoms with Crippen molar-refractivity contribution >= 4 is 17.7 Å². The van der Waals surface area contributed by atoms with Gasteiger partial charge < -0.3 is 25.3 Å². The lowest BCUT2D eigenvalue weighted by Crippen LogP contribution is -2.40. The fourth-order valence-electron chi connectivity index (χ4n) is 4.09. The van der Waals surface area contributed by atoms with Crippen LogP contribution in [0.25, 0.3) is 11.4 Å². The maximum atomic E-state index is 13.5. The summed E-state index contributed by atoms with van der Waals surface area (Å²) in [6.45, 7) is 4.91. The van der Waals surface area contributed by atoms with Gasteiger partial charge in [-0.05, 0) is 56.7 Å². The van der Waals surface area contributed by atoms with Gasteiger partial charge in [0.1, 0.15) is 29.7 Å². The molecule has 1 aromatic heterocycles. The fourth-order valence-corrected chi connectivity index (χ4v) is 4.09. The second-order valence-electron chi connectivity index (χ2n) is 8.92. The quantitative estimate of drug-likeness (QED) is 0.493. The van der Waals surface area contributed by atoms with Crippen LogP contribution in [0.2, 0.25) is 0 Å². The molecule has 0 radical (unpaired) electrons. The highest BCUT2D eigenvalue weighted by Crippen LogP contribution is 2.21. The number of hydrogen-bond acceptors (Lipinski definition) is 5. The van der Waals surface area contributed by atoms with Crippen LogP contribution in [0.4, 0.5) is 4.39 Å². The van der Waals surface area contributed by atoms with Gasteiger partial charge in [0.05, 0.1) is 12.1 Å². The van der Waals surface area contributed by atoms with Crippen molar-refractivity contribution in [2.24, 2.45) is 0 Å². The molecule has 3 aromatic rings. The third-order valence-corrected chi connectivity index (χ3v) is 6.05. The number of carbonyl (C=O) groups excluding carboxylic acids is 3. The average Bonchev–Trinajstić information content (AvgIpc) is 3.27. The predicted molar refractivity (Wildman–Crippen MR) is 136 cm³/mol. The molecule has 0 unspecified atom stereocenters. The molecule has 0 spiro atoms. The second-order valence-corrected chi connectivity index (χ2v) is 8.92. The minimum Gasteiger partial charge on any atom is -0.491 e. The molecule has 1 aliphatic heterocycles. The van der Waals surface area contributed by atoms with Crippen LogP contribution in [0.5, 0.6) is 5.75 Å². The van der Waals surface area contributed by atoms with E-state index in [2.05, 4.69) is 20.6 Å². The van der Waals surface area contributed by atoms with Crippen LogP contribution < -0.4 is 15.4 Å². The van der Waals surface area contributed by atoms with Gasteiger partial charge in [0.2, 0.25) is 5.91 Å². The lowest BCUT2D eigenvalue weighted by Gasteiger charge is -2.22. The Morgan fingerprint density at radius 1 is 1.03 bits per heavy atom. The first-order valence-corrected chi connectivity index (χ1v) is 12.2.